The lowest BCUT2D eigenvalue weighted by Gasteiger charge is -2.20. The van der Waals surface area contributed by atoms with Gasteiger partial charge in [-0.25, -0.2) is 0 Å². The zero-order valence-electron chi connectivity index (χ0n) is 17.5. The van der Waals surface area contributed by atoms with Crippen molar-refractivity contribution in [2.75, 3.05) is 13.1 Å². The van der Waals surface area contributed by atoms with Gasteiger partial charge in [0.15, 0.2) is 5.78 Å². The van der Waals surface area contributed by atoms with E-state index in [1.54, 1.807) is 25.5 Å². The maximum Gasteiger partial charge on any atom is 0.247 e. The van der Waals surface area contributed by atoms with Crippen LogP contribution in [0.25, 0.3) is 10.9 Å². The molecule has 1 aromatic heterocycles. The number of amides is 1. The number of aliphatic hydroxyl groups is 1. The third-order valence-corrected chi connectivity index (χ3v) is 6.34. The Morgan fingerprint density at radius 1 is 1.24 bits per heavy atom. The molecule has 158 valence electrons. The number of H-pyrrole nitrogens is 1. The molecule has 2 rings (SSSR count). The fourth-order valence-electron chi connectivity index (χ4n) is 2.92. The number of Topliss-reactive ketones (excluding diaryl/α,β-unsaturated/α-hetero) is 1. The molecule has 29 heavy (non-hydrogen) atoms. The lowest BCUT2D eigenvalue weighted by atomic mass is 9.97. The van der Waals surface area contributed by atoms with Crippen LogP contribution in [0.5, 0.6) is 0 Å². The molecule has 2 aromatic rings. The minimum atomic E-state index is -0.606. The largest absolute Gasteiger partial charge is 0.379 e. The van der Waals surface area contributed by atoms with Crippen molar-refractivity contribution in [3.8, 4) is 0 Å². The number of rotatable bonds is 11. The van der Waals surface area contributed by atoms with E-state index in [0.29, 0.717) is 24.2 Å². The van der Waals surface area contributed by atoms with Crippen molar-refractivity contribution in [1.29, 1.82) is 0 Å². The molecule has 0 saturated heterocycles. The highest BCUT2D eigenvalue weighted by Crippen LogP contribution is 2.30. The van der Waals surface area contributed by atoms with Crippen molar-refractivity contribution in [3.63, 3.8) is 0 Å². The first-order chi connectivity index (χ1) is 13.8. The van der Waals surface area contributed by atoms with Gasteiger partial charge in [0.25, 0.3) is 0 Å². The van der Waals surface area contributed by atoms with Crippen LogP contribution in [0.15, 0.2) is 41.4 Å². The predicted octanol–water partition coefficient (Wildman–Crippen LogP) is 3.45. The Labute approximate surface area is 176 Å². The number of hydrogen-bond donors (Lipinski definition) is 4. The van der Waals surface area contributed by atoms with Gasteiger partial charge >= 0.3 is 0 Å². The lowest BCUT2D eigenvalue weighted by Crippen LogP contribution is -2.35. The molecule has 0 radical (unpaired) electrons. The number of hydrogen-bond acceptors (Lipinski definition) is 5. The summed E-state index contributed by atoms with van der Waals surface area (Å²) in [5.74, 6) is 0.0724. The van der Waals surface area contributed by atoms with E-state index in [4.69, 9.17) is 0 Å². The van der Waals surface area contributed by atoms with E-state index in [1.165, 1.54) is 11.8 Å². The zero-order chi connectivity index (χ0) is 21.4. The van der Waals surface area contributed by atoms with E-state index in [1.807, 2.05) is 24.3 Å². The van der Waals surface area contributed by atoms with E-state index in [2.05, 4.69) is 29.5 Å². The van der Waals surface area contributed by atoms with Crippen LogP contribution in [0.1, 0.15) is 44.5 Å². The Morgan fingerprint density at radius 3 is 2.66 bits per heavy atom. The van der Waals surface area contributed by atoms with Gasteiger partial charge in [0.1, 0.15) is 6.23 Å². The van der Waals surface area contributed by atoms with Gasteiger partial charge in [-0.05, 0) is 31.2 Å². The summed E-state index contributed by atoms with van der Waals surface area (Å²) in [6.45, 7) is 8.41. The lowest BCUT2D eigenvalue weighted by molar-refractivity contribution is -0.117. The number of ketones is 1. The molecular formula is C22H31N3O3S. The Morgan fingerprint density at radius 2 is 1.97 bits per heavy atom. The van der Waals surface area contributed by atoms with Crippen LogP contribution in [-0.4, -0.2) is 46.3 Å². The second kappa shape index (κ2) is 11.2. The normalized spacial score (nSPS) is 15.1. The molecule has 0 aliphatic heterocycles. The van der Waals surface area contributed by atoms with Gasteiger partial charge in [0.05, 0.1) is 5.25 Å². The summed E-state index contributed by atoms with van der Waals surface area (Å²) in [5, 5.41) is 17.2. The second-order valence-electron chi connectivity index (χ2n) is 7.24. The molecule has 4 N–H and O–H groups in total. The summed E-state index contributed by atoms with van der Waals surface area (Å²) in [5.41, 5.74) is 2.20. The first-order valence-electron chi connectivity index (χ1n) is 9.97. The SMILES string of the molecule is CCC(C)C(S/C=C(\C)C(=O)NCCNC(C)O)C(=O)c1c[nH]c2ccccc12. The predicted molar refractivity (Wildman–Crippen MR) is 120 cm³/mol. The number of aromatic amines is 1. The van der Waals surface area contributed by atoms with Crippen molar-refractivity contribution < 1.29 is 14.7 Å². The summed E-state index contributed by atoms with van der Waals surface area (Å²) >= 11 is 1.41. The van der Waals surface area contributed by atoms with E-state index >= 15 is 0 Å². The highest BCUT2D eigenvalue weighted by molar-refractivity contribution is 8.03. The van der Waals surface area contributed by atoms with Crippen LogP contribution in [0, 0.1) is 5.92 Å². The highest BCUT2D eigenvalue weighted by Gasteiger charge is 2.27. The molecule has 0 fully saturated rings. The van der Waals surface area contributed by atoms with Crippen LogP contribution >= 0.6 is 11.8 Å². The van der Waals surface area contributed by atoms with Crippen molar-refractivity contribution in [3.05, 3.63) is 47.0 Å². The van der Waals surface area contributed by atoms with Gasteiger partial charge in [0.2, 0.25) is 5.91 Å². The molecular weight excluding hydrogens is 386 g/mol. The molecule has 0 aliphatic rings. The van der Waals surface area contributed by atoms with E-state index < -0.39 is 6.23 Å². The van der Waals surface area contributed by atoms with Gasteiger partial charge in [-0.1, -0.05) is 38.5 Å². The minimum absolute atomic E-state index is 0.0763. The van der Waals surface area contributed by atoms with Crippen molar-refractivity contribution >= 4 is 34.4 Å². The van der Waals surface area contributed by atoms with E-state index in [9.17, 15) is 14.7 Å². The molecule has 3 unspecified atom stereocenters. The molecule has 6 nitrogen and oxygen atoms in total. The summed E-state index contributed by atoms with van der Waals surface area (Å²) in [4.78, 5) is 28.7. The Kier molecular flexibility index (Phi) is 8.95. The summed E-state index contributed by atoms with van der Waals surface area (Å²) in [6, 6.07) is 7.78. The maximum absolute atomic E-state index is 13.3. The quantitative estimate of drug-likeness (QED) is 0.194. The molecule has 0 aliphatic carbocycles. The van der Waals surface area contributed by atoms with E-state index in [-0.39, 0.29) is 22.9 Å². The first kappa shape index (κ1) is 23.2. The number of benzene rings is 1. The zero-order valence-corrected chi connectivity index (χ0v) is 18.3. The number of aliphatic hydroxyl groups excluding tert-OH is 1. The van der Waals surface area contributed by atoms with Gasteiger partial charge in [-0.15, -0.1) is 11.8 Å². The van der Waals surface area contributed by atoms with Crippen LogP contribution in [0.3, 0.4) is 0 Å². The number of aromatic nitrogens is 1. The van der Waals surface area contributed by atoms with Gasteiger partial charge in [-0.2, -0.15) is 0 Å². The van der Waals surface area contributed by atoms with Crippen molar-refractivity contribution in [2.24, 2.45) is 5.92 Å². The van der Waals surface area contributed by atoms with Crippen LogP contribution < -0.4 is 10.6 Å². The van der Waals surface area contributed by atoms with Crippen LogP contribution in [-0.2, 0) is 4.79 Å². The van der Waals surface area contributed by atoms with Crippen molar-refractivity contribution in [1.82, 2.24) is 15.6 Å². The molecule has 1 amide bonds. The number of thioether (sulfide) groups is 1. The third-order valence-electron chi connectivity index (χ3n) is 4.87. The number of nitrogens with one attached hydrogen (secondary N) is 3. The number of para-hydroxylation sites is 1. The van der Waals surface area contributed by atoms with E-state index in [0.717, 1.165) is 17.3 Å². The van der Waals surface area contributed by atoms with Crippen LogP contribution in [0.2, 0.25) is 0 Å². The standard InChI is InChI=1S/C22H31N3O3S/c1-5-14(2)21(20(27)18-12-25-19-9-7-6-8-17(18)19)29-13-15(3)22(28)24-11-10-23-16(4)26/h6-9,12-14,16,21,23,25-26H,5,10-11H2,1-4H3,(H,24,28)/b15-13+. The molecule has 3 atom stereocenters. The number of carbonyl (C=O) groups excluding carboxylic acids is 2. The van der Waals surface area contributed by atoms with Gasteiger partial charge in [-0.3, -0.25) is 14.9 Å². The molecule has 0 spiro atoms. The van der Waals surface area contributed by atoms with Crippen molar-refractivity contribution in [2.45, 2.75) is 45.6 Å². The number of fused-ring (bicyclic) bond motifs is 1. The third kappa shape index (κ3) is 6.45. The summed E-state index contributed by atoms with van der Waals surface area (Å²) in [6.07, 6.45) is 2.04. The molecule has 7 heteroatoms. The summed E-state index contributed by atoms with van der Waals surface area (Å²) < 4.78 is 0. The first-order valence-corrected chi connectivity index (χ1v) is 10.9. The fraction of sp³-hybridized carbons (Fsp3) is 0.455. The van der Waals surface area contributed by atoms with Gasteiger partial charge in [0, 0.05) is 41.3 Å². The highest BCUT2D eigenvalue weighted by atomic mass is 32.2. The Bertz CT molecular complexity index is 860. The second-order valence-corrected chi connectivity index (χ2v) is 8.26. The molecule has 0 bridgehead atoms. The monoisotopic (exact) mass is 417 g/mol. The fourth-order valence-corrected chi connectivity index (χ4v) is 4.09. The molecule has 1 aromatic carbocycles. The van der Waals surface area contributed by atoms with Gasteiger partial charge < -0.3 is 15.4 Å². The number of carbonyl (C=O) groups is 2. The maximum atomic E-state index is 13.3. The smallest absolute Gasteiger partial charge is 0.247 e. The van der Waals surface area contributed by atoms with Crippen LogP contribution in [0.4, 0.5) is 0 Å². The summed E-state index contributed by atoms with van der Waals surface area (Å²) in [7, 11) is 0. The minimum Gasteiger partial charge on any atom is -0.379 e. The topological polar surface area (TPSA) is 94.2 Å². The average Bonchev–Trinajstić information content (AvgIpc) is 3.14. The Balaban J connectivity index is 2.07. The molecule has 0 saturated carbocycles. The Hall–Kier alpha value is -2.09. The molecule has 1 heterocycles. The average molecular weight is 418 g/mol.